The molecule has 0 aliphatic carbocycles. The number of benzene rings is 1. The molecule has 19 heavy (non-hydrogen) atoms. The van der Waals surface area contributed by atoms with Crippen LogP contribution in [0, 0.1) is 5.82 Å². The number of rotatable bonds is 6. The van der Waals surface area contributed by atoms with E-state index < -0.39 is 18.5 Å². The lowest BCUT2D eigenvalue weighted by molar-refractivity contribution is 0.0523. The van der Waals surface area contributed by atoms with Crippen LogP contribution >= 0.6 is 0 Å². The first-order chi connectivity index (χ1) is 8.81. The molecular formula is C14H22FNO3. The van der Waals surface area contributed by atoms with Crippen LogP contribution in [0.25, 0.3) is 0 Å². The number of ether oxygens (including phenoxy) is 1. The van der Waals surface area contributed by atoms with E-state index in [1.165, 1.54) is 12.1 Å². The third-order valence-corrected chi connectivity index (χ3v) is 2.46. The minimum atomic E-state index is -0.998. The summed E-state index contributed by atoms with van der Waals surface area (Å²) in [5, 5.41) is 21.0. The van der Waals surface area contributed by atoms with Gasteiger partial charge in [0.1, 0.15) is 12.7 Å². The van der Waals surface area contributed by atoms with E-state index in [-0.39, 0.29) is 17.9 Å². The van der Waals surface area contributed by atoms with Crippen molar-refractivity contribution in [1.82, 2.24) is 5.32 Å². The van der Waals surface area contributed by atoms with Crippen molar-refractivity contribution in [1.29, 1.82) is 0 Å². The van der Waals surface area contributed by atoms with Gasteiger partial charge < -0.3 is 20.3 Å². The average molecular weight is 271 g/mol. The molecule has 0 radical (unpaired) electrons. The molecule has 0 bridgehead atoms. The van der Waals surface area contributed by atoms with Crippen molar-refractivity contribution in [2.24, 2.45) is 0 Å². The smallest absolute Gasteiger partial charge is 0.165 e. The summed E-state index contributed by atoms with van der Waals surface area (Å²) in [4.78, 5) is 0. The lowest BCUT2D eigenvalue weighted by Crippen LogP contribution is -2.35. The molecule has 0 amide bonds. The third-order valence-electron chi connectivity index (χ3n) is 2.46. The van der Waals surface area contributed by atoms with Crippen molar-refractivity contribution in [3.05, 3.63) is 29.6 Å². The summed E-state index contributed by atoms with van der Waals surface area (Å²) in [6, 6.07) is 4.70. The fraction of sp³-hybridized carbons (Fsp3) is 0.571. The Morgan fingerprint density at radius 3 is 2.58 bits per heavy atom. The zero-order chi connectivity index (χ0) is 14.5. The van der Waals surface area contributed by atoms with Gasteiger partial charge in [-0.15, -0.1) is 0 Å². The van der Waals surface area contributed by atoms with Gasteiger partial charge in [0.05, 0.1) is 6.61 Å². The highest BCUT2D eigenvalue weighted by Crippen LogP contribution is 2.19. The molecule has 1 rings (SSSR count). The van der Waals surface area contributed by atoms with E-state index in [1.54, 1.807) is 6.07 Å². The molecule has 3 N–H and O–H groups in total. The van der Waals surface area contributed by atoms with E-state index in [0.29, 0.717) is 6.54 Å². The highest BCUT2D eigenvalue weighted by Gasteiger charge is 2.11. The maximum atomic E-state index is 13.7. The first-order valence-electron chi connectivity index (χ1n) is 6.27. The zero-order valence-electron chi connectivity index (χ0n) is 11.6. The van der Waals surface area contributed by atoms with Crippen molar-refractivity contribution in [2.45, 2.75) is 39.0 Å². The molecule has 1 unspecified atom stereocenters. The minimum absolute atomic E-state index is 0.0309. The van der Waals surface area contributed by atoms with Gasteiger partial charge in [0.25, 0.3) is 0 Å². The van der Waals surface area contributed by atoms with Crippen LogP contribution in [-0.4, -0.2) is 35.1 Å². The van der Waals surface area contributed by atoms with Gasteiger partial charge in [-0.1, -0.05) is 6.07 Å². The van der Waals surface area contributed by atoms with Crippen LogP contribution in [0.15, 0.2) is 18.2 Å². The van der Waals surface area contributed by atoms with Gasteiger partial charge in [-0.2, -0.15) is 0 Å². The summed E-state index contributed by atoms with van der Waals surface area (Å²) in [6.07, 6.45) is -0.998. The molecule has 0 spiro atoms. The zero-order valence-corrected chi connectivity index (χ0v) is 11.6. The molecule has 5 heteroatoms. The van der Waals surface area contributed by atoms with E-state index in [2.05, 4.69) is 5.32 Å². The molecule has 0 saturated heterocycles. The quantitative estimate of drug-likeness (QED) is 0.733. The fourth-order valence-electron chi connectivity index (χ4n) is 1.38. The fourth-order valence-corrected chi connectivity index (χ4v) is 1.38. The van der Waals surface area contributed by atoms with Gasteiger partial charge in [-0.05, 0) is 38.5 Å². The van der Waals surface area contributed by atoms with Crippen molar-refractivity contribution in [2.75, 3.05) is 13.2 Å². The third kappa shape index (κ3) is 6.00. The predicted molar refractivity (Wildman–Crippen MR) is 71.6 cm³/mol. The van der Waals surface area contributed by atoms with Crippen LogP contribution in [0.5, 0.6) is 5.75 Å². The summed E-state index contributed by atoms with van der Waals surface area (Å²) in [6.45, 7) is 6.15. The Morgan fingerprint density at radius 1 is 1.37 bits per heavy atom. The number of aliphatic hydroxyl groups is 2. The van der Waals surface area contributed by atoms with Gasteiger partial charge in [0.2, 0.25) is 0 Å². The molecule has 1 aromatic carbocycles. The second-order valence-corrected chi connectivity index (χ2v) is 5.52. The molecule has 4 nitrogen and oxygen atoms in total. The van der Waals surface area contributed by atoms with Crippen LogP contribution < -0.4 is 10.1 Å². The standard InChI is InChI=1S/C14H22FNO3/c1-14(2,3)16-7-10-4-5-13(12(15)6-10)19-9-11(18)8-17/h4-6,11,16-18H,7-9H2,1-3H3. The first kappa shape index (κ1) is 15.9. The Balaban J connectivity index is 2.59. The number of hydrogen-bond acceptors (Lipinski definition) is 4. The maximum absolute atomic E-state index is 13.7. The summed E-state index contributed by atoms with van der Waals surface area (Å²) in [5.41, 5.74) is 0.791. The Morgan fingerprint density at radius 2 is 2.05 bits per heavy atom. The van der Waals surface area contributed by atoms with Gasteiger partial charge in [-0.3, -0.25) is 0 Å². The largest absolute Gasteiger partial charge is 0.488 e. The minimum Gasteiger partial charge on any atom is -0.488 e. The molecular weight excluding hydrogens is 249 g/mol. The van der Waals surface area contributed by atoms with E-state index in [1.807, 2.05) is 20.8 Å². The first-order valence-corrected chi connectivity index (χ1v) is 6.27. The lowest BCUT2D eigenvalue weighted by atomic mass is 10.1. The molecule has 0 saturated carbocycles. The summed E-state index contributed by atoms with van der Waals surface area (Å²) in [7, 11) is 0. The molecule has 0 aromatic heterocycles. The monoisotopic (exact) mass is 271 g/mol. The normalized spacial score (nSPS) is 13.4. The van der Waals surface area contributed by atoms with Crippen molar-refractivity contribution in [3.63, 3.8) is 0 Å². The van der Waals surface area contributed by atoms with E-state index in [0.717, 1.165) is 5.56 Å². The molecule has 0 fully saturated rings. The Kier molecular flexibility index (Phi) is 5.72. The van der Waals surface area contributed by atoms with Crippen molar-refractivity contribution >= 4 is 0 Å². The van der Waals surface area contributed by atoms with Crippen LogP contribution in [-0.2, 0) is 6.54 Å². The van der Waals surface area contributed by atoms with Crippen LogP contribution in [0.3, 0.4) is 0 Å². The van der Waals surface area contributed by atoms with Crippen molar-refractivity contribution < 1.29 is 19.3 Å². The summed E-state index contributed by atoms with van der Waals surface area (Å²) < 4.78 is 18.8. The topological polar surface area (TPSA) is 61.7 Å². The molecule has 0 aliphatic rings. The van der Waals surface area contributed by atoms with Gasteiger partial charge in [-0.25, -0.2) is 4.39 Å². The van der Waals surface area contributed by atoms with Gasteiger partial charge in [0, 0.05) is 12.1 Å². The second kappa shape index (κ2) is 6.84. The Labute approximate surface area is 113 Å². The molecule has 0 aliphatic heterocycles. The molecule has 108 valence electrons. The highest BCUT2D eigenvalue weighted by molar-refractivity contribution is 5.29. The van der Waals surface area contributed by atoms with E-state index in [9.17, 15) is 4.39 Å². The van der Waals surface area contributed by atoms with Gasteiger partial charge in [0.15, 0.2) is 11.6 Å². The van der Waals surface area contributed by atoms with Gasteiger partial charge >= 0.3 is 0 Å². The number of aliphatic hydroxyl groups excluding tert-OH is 2. The van der Waals surface area contributed by atoms with Crippen LogP contribution in [0.4, 0.5) is 4.39 Å². The lowest BCUT2D eigenvalue weighted by Gasteiger charge is -2.20. The molecule has 1 aromatic rings. The van der Waals surface area contributed by atoms with Crippen molar-refractivity contribution in [3.8, 4) is 5.75 Å². The average Bonchev–Trinajstić information content (AvgIpc) is 2.34. The van der Waals surface area contributed by atoms with Crippen LogP contribution in [0.1, 0.15) is 26.3 Å². The SMILES string of the molecule is CC(C)(C)NCc1ccc(OCC(O)CO)c(F)c1. The number of nitrogens with one attached hydrogen (secondary N) is 1. The van der Waals surface area contributed by atoms with E-state index >= 15 is 0 Å². The summed E-state index contributed by atoms with van der Waals surface area (Å²) in [5.74, 6) is -0.398. The molecule has 1 atom stereocenters. The number of hydrogen-bond donors (Lipinski definition) is 3. The summed E-state index contributed by atoms with van der Waals surface area (Å²) >= 11 is 0. The second-order valence-electron chi connectivity index (χ2n) is 5.52. The Hall–Kier alpha value is -1.17. The predicted octanol–water partition coefficient (Wildman–Crippen LogP) is 1.45. The highest BCUT2D eigenvalue weighted by atomic mass is 19.1. The Bertz CT molecular complexity index is 404. The number of halogens is 1. The van der Waals surface area contributed by atoms with E-state index in [4.69, 9.17) is 14.9 Å². The maximum Gasteiger partial charge on any atom is 0.165 e. The van der Waals surface area contributed by atoms with Crippen LogP contribution in [0.2, 0.25) is 0 Å². The molecule has 0 heterocycles.